The number of nitrogens with zero attached hydrogens (tertiary/aromatic N) is 1. The molecule has 1 aromatic heterocycles. The fraction of sp³-hybridized carbons (Fsp3) is 0.636. The lowest BCUT2D eigenvalue weighted by molar-refractivity contribution is -0.121. The first-order chi connectivity index (χ1) is 7.36. The predicted molar refractivity (Wildman–Crippen MR) is 64.4 cm³/mol. The van der Waals surface area contributed by atoms with Crippen molar-refractivity contribution >= 4 is 11.7 Å². The van der Waals surface area contributed by atoms with Gasteiger partial charge in [0.1, 0.15) is 0 Å². The Balaban J connectivity index is 2.70. The van der Waals surface area contributed by atoms with Gasteiger partial charge in [0, 0.05) is 11.8 Å². The molecule has 0 atom stereocenters. The van der Waals surface area contributed by atoms with Crippen molar-refractivity contribution in [1.29, 1.82) is 0 Å². The first-order valence-corrected chi connectivity index (χ1v) is 5.42. The first kappa shape index (κ1) is 12.7. The molecule has 1 amide bonds. The third kappa shape index (κ3) is 2.82. The van der Waals surface area contributed by atoms with Crippen molar-refractivity contribution in [2.45, 2.75) is 39.2 Å². The van der Waals surface area contributed by atoms with E-state index in [1.54, 1.807) is 7.05 Å². The van der Waals surface area contributed by atoms with E-state index in [2.05, 4.69) is 34.7 Å². The molecule has 1 aromatic rings. The highest BCUT2D eigenvalue weighted by Gasteiger charge is 2.25. The maximum absolute atomic E-state index is 11.8. The summed E-state index contributed by atoms with van der Waals surface area (Å²) in [6.45, 7) is 7.77. The molecule has 0 bridgehead atoms. The molecular weight excluding hydrogens is 204 g/mol. The van der Waals surface area contributed by atoms with Crippen LogP contribution >= 0.6 is 0 Å². The van der Waals surface area contributed by atoms with E-state index in [1.165, 1.54) is 0 Å². The van der Waals surface area contributed by atoms with Gasteiger partial charge < -0.3 is 10.6 Å². The molecule has 0 aliphatic rings. The maximum Gasteiger partial charge on any atom is 0.245 e. The zero-order valence-corrected chi connectivity index (χ0v) is 10.5. The van der Waals surface area contributed by atoms with E-state index in [-0.39, 0.29) is 5.91 Å². The second kappa shape index (κ2) is 4.65. The van der Waals surface area contributed by atoms with Crippen molar-refractivity contribution in [3.05, 3.63) is 11.8 Å². The van der Waals surface area contributed by atoms with Gasteiger partial charge in [-0.2, -0.15) is 5.10 Å². The van der Waals surface area contributed by atoms with Crippen LogP contribution in [0.1, 0.15) is 39.3 Å². The van der Waals surface area contributed by atoms with E-state index in [9.17, 15) is 4.79 Å². The molecule has 1 heterocycles. The van der Waals surface area contributed by atoms with Crippen LogP contribution in [0.25, 0.3) is 0 Å². The summed E-state index contributed by atoms with van der Waals surface area (Å²) >= 11 is 0. The maximum atomic E-state index is 11.8. The second-order valence-corrected chi connectivity index (χ2v) is 4.69. The summed E-state index contributed by atoms with van der Waals surface area (Å²) < 4.78 is 0. The number of hydrogen-bond acceptors (Lipinski definition) is 3. The van der Waals surface area contributed by atoms with Crippen LogP contribution in [0.2, 0.25) is 0 Å². The molecule has 5 nitrogen and oxygen atoms in total. The Bertz CT molecular complexity index is 368. The van der Waals surface area contributed by atoms with Crippen LogP contribution < -0.4 is 10.6 Å². The molecule has 0 saturated carbocycles. The van der Waals surface area contributed by atoms with E-state index in [1.807, 2.05) is 19.9 Å². The number of aromatic amines is 1. The van der Waals surface area contributed by atoms with Crippen molar-refractivity contribution in [3.63, 3.8) is 0 Å². The van der Waals surface area contributed by atoms with Crippen molar-refractivity contribution in [2.24, 2.45) is 0 Å². The van der Waals surface area contributed by atoms with Gasteiger partial charge in [-0.1, -0.05) is 13.8 Å². The Labute approximate surface area is 96.0 Å². The zero-order valence-electron chi connectivity index (χ0n) is 10.5. The number of hydrogen-bond donors (Lipinski definition) is 3. The van der Waals surface area contributed by atoms with Crippen LogP contribution in [0.5, 0.6) is 0 Å². The molecule has 16 heavy (non-hydrogen) atoms. The Hall–Kier alpha value is -1.36. The van der Waals surface area contributed by atoms with E-state index in [4.69, 9.17) is 0 Å². The van der Waals surface area contributed by atoms with Gasteiger partial charge in [-0.25, -0.2) is 0 Å². The van der Waals surface area contributed by atoms with Crippen LogP contribution in [0, 0.1) is 0 Å². The summed E-state index contributed by atoms with van der Waals surface area (Å²) in [6, 6.07) is 1.86. The van der Waals surface area contributed by atoms with E-state index < -0.39 is 5.54 Å². The number of amides is 1. The normalized spacial score (nSPS) is 11.9. The summed E-state index contributed by atoms with van der Waals surface area (Å²) in [5.74, 6) is 0.837. The van der Waals surface area contributed by atoms with Gasteiger partial charge in [0.15, 0.2) is 5.82 Å². The number of carbonyl (C=O) groups excluding carboxylic acids is 1. The van der Waals surface area contributed by atoms with Gasteiger partial charge in [-0.05, 0) is 26.8 Å². The predicted octanol–water partition coefficient (Wildman–Crippen LogP) is 1.47. The lowest BCUT2D eigenvalue weighted by Gasteiger charge is -2.21. The van der Waals surface area contributed by atoms with Gasteiger partial charge >= 0.3 is 0 Å². The fourth-order valence-electron chi connectivity index (χ4n) is 1.08. The van der Waals surface area contributed by atoms with Gasteiger partial charge in [0.2, 0.25) is 5.91 Å². The summed E-state index contributed by atoms with van der Waals surface area (Å²) in [7, 11) is 1.75. The number of nitrogens with one attached hydrogen (secondary N) is 3. The molecule has 0 aliphatic heterocycles. The number of likely N-dealkylation sites (N-methyl/N-ethyl adjacent to an activating group) is 1. The van der Waals surface area contributed by atoms with Crippen molar-refractivity contribution in [3.8, 4) is 0 Å². The summed E-state index contributed by atoms with van der Waals surface area (Å²) in [5.41, 5.74) is 0.411. The molecule has 0 spiro atoms. The number of rotatable bonds is 4. The third-order valence-electron chi connectivity index (χ3n) is 2.65. The molecule has 0 fully saturated rings. The van der Waals surface area contributed by atoms with E-state index in [0.29, 0.717) is 11.7 Å². The number of anilines is 1. The molecule has 5 heteroatoms. The van der Waals surface area contributed by atoms with Crippen LogP contribution in [0.4, 0.5) is 5.82 Å². The van der Waals surface area contributed by atoms with Crippen molar-refractivity contribution in [2.75, 3.05) is 12.4 Å². The fourth-order valence-corrected chi connectivity index (χ4v) is 1.08. The molecule has 90 valence electrons. The smallest absolute Gasteiger partial charge is 0.245 e. The molecule has 0 aliphatic carbocycles. The largest absolute Gasteiger partial charge is 0.308 e. The topological polar surface area (TPSA) is 69.8 Å². The van der Waals surface area contributed by atoms with Gasteiger partial charge in [0.25, 0.3) is 0 Å². The Morgan fingerprint density at radius 3 is 2.56 bits per heavy atom. The molecule has 1 rings (SSSR count). The second-order valence-electron chi connectivity index (χ2n) is 4.69. The van der Waals surface area contributed by atoms with E-state index in [0.717, 1.165) is 5.69 Å². The highest BCUT2D eigenvalue weighted by Crippen LogP contribution is 2.15. The average molecular weight is 224 g/mol. The molecule has 3 N–H and O–H groups in total. The van der Waals surface area contributed by atoms with Crippen LogP contribution in [-0.4, -0.2) is 28.7 Å². The standard InChI is InChI=1S/C11H20N4O/c1-7(2)8-6-9(15-14-8)13-10(16)11(3,4)12-5/h6-7,12H,1-5H3,(H2,13,14,15,16). The van der Waals surface area contributed by atoms with Crippen LogP contribution in [0.3, 0.4) is 0 Å². The zero-order chi connectivity index (χ0) is 12.3. The average Bonchev–Trinajstić information content (AvgIpc) is 2.66. The SMILES string of the molecule is CNC(C)(C)C(=O)Nc1cc(C(C)C)[nH]n1. The van der Waals surface area contributed by atoms with Crippen LogP contribution in [-0.2, 0) is 4.79 Å². The van der Waals surface area contributed by atoms with Gasteiger partial charge in [-0.15, -0.1) is 0 Å². The monoisotopic (exact) mass is 224 g/mol. The lowest BCUT2D eigenvalue weighted by atomic mass is 10.1. The molecule has 0 unspecified atom stereocenters. The minimum atomic E-state index is -0.600. The number of carbonyl (C=O) groups is 1. The van der Waals surface area contributed by atoms with Crippen molar-refractivity contribution < 1.29 is 4.79 Å². The molecule has 0 aromatic carbocycles. The molecular formula is C11H20N4O. The number of H-pyrrole nitrogens is 1. The molecule has 0 radical (unpaired) electrons. The van der Waals surface area contributed by atoms with Crippen molar-refractivity contribution in [1.82, 2.24) is 15.5 Å². The van der Waals surface area contributed by atoms with Gasteiger partial charge in [-0.3, -0.25) is 9.89 Å². The minimum absolute atomic E-state index is 0.100. The minimum Gasteiger partial charge on any atom is -0.308 e. The lowest BCUT2D eigenvalue weighted by Crippen LogP contribution is -2.47. The number of aromatic nitrogens is 2. The quantitative estimate of drug-likeness (QED) is 0.725. The first-order valence-electron chi connectivity index (χ1n) is 5.42. The highest BCUT2D eigenvalue weighted by molar-refractivity contribution is 5.96. The highest BCUT2D eigenvalue weighted by atomic mass is 16.2. The van der Waals surface area contributed by atoms with Crippen LogP contribution in [0.15, 0.2) is 6.07 Å². The van der Waals surface area contributed by atoms with E-state index >= 15 is 0 Å². The third-order valence-corrected chi connectivity index (χ3v) is 2.65. The summed E-state index contributed by atoms with van der Waals surface area (Å²) in [5, 5.41) is 12.6. The molecule has 0 saturated heterocycles. The summed E-state index contributed by atoms with van der Waals surface area (Å²) in [6.07, 6.45) is 0. The Morgan fingerprint density at radius 2 is 2.12 bits per heavy atom. The van der Waals surface area contributed by atoms with Gasteiger partial charge in [0.05, 0.1) is 5.54 Å². The summed E-state index contributed by atoms with van der Waals surface area (Å²) in [4.78, 5) is 11.8. The Kier molecular flexibility index (Phi) is 3.70. The Morgan fingerprint density at radius 1 is 1.50 bits per heavy atom.